The first kappa shape index (κ1) is 13.7. The average Bonchev–Trinajstić information content (AvgIpc) is 2.86. The molecule has 1 unspecified atom stereocenters. The zero-order valence-corrected chi connectivity index (χ0v) is 12.7. The Hall–Kier alpha value is -1.22. The van der Waals surface area contributed by atoms with Crippen molar-refractivity contribution < 1.29 is 4.74 Å². The van der Waals surface area contributed by atoms with Gasteiger partial charge in [-0.25, -0.2) is 0 Å². The average molecular weight is 274 g/mol. The van der Waals surface area contributed by atoms with Gasteiger partial charge in [-0.15, -0.1) is 0 Å². The molecular weight excluding hydrogens is 248 g/mol. The van der Waals surface area contributed by atoms with Crippen molar-refractivity contribution >= 4 is 5.69 Å². The second-order valence-corrected chi connectivity index (χ2v) is 6.29. The summed E-state index contributed by atoms with van der Waals surface area (Å²) in [6.07, 6.45) is 4.91. The fourth-order valence-electron chi connectivity index (χ4n) is 3.61. The number of likely N-dealkylation sites (N-methyl/N-ethyl adjacent to an activating group) is 1. The first-order valence-electron chi connectivity index (χ1n) is 7.96. The van der Waals surface area contributed by atoms with E-state index in [0.717, 1.165) is 31.9 Å². The van der Waals surface area contributed by atoms with E-state index in [0.29, 0.717) is 0 Å². The maximum Gasteiger partial charge on any atom is 0.142 e. The summed E-state index contributed by atoms with van der Waals surface area (Å²) >= 11 is 0. The largest absolute Gasteiger partial charge is 0.489 e. The summed E-state index contributed by atoms with van der Waals surface area (Å²) in [6, 6.07) is 6.44. The Morgan fingerprint density at radius 2 is 2.25 bits per heavy atom. The molecule has 1 saturated heterocycles. The maximum atomic E-state index is 6.22. The highest BCUT2D eigenvalue weighted by Crippen LogP contribution is 2.34. The second kappa shape index (κ2) is 5.65. The van der Waals surface area contributed by atoms with Crippen LogP contribution in [0.1, 0.15) is 38.7 Å². The lowest BCUT2D eigenvalue weighted by Crippen LogP contribution is -2.45. The highest BCUT2D eigenvalue weighted by molar-refractivity contribution is 5.63. The van der Waals surface area contributed by atoms with Crippen LogP contribution < -0.4 is 10.1 Å². The van der Waals surface area contributed by atoms with Crippen molar-refractivity contribution in [3.63, 3.8) is 0 Å². The molecule has 0 aliphatic carbocycles. The fraction of sp³-hybridized carbons (Fsp3) is 0.647. The number of nitrogens with zero attached hydrogens (tertiary/aromatic N) is 1. The van der Waals surface area contributed by atoms with Crippen LogP contribution in [0.25, 0.3) is 0 Å². The Balaban J connectivity index is 1.72. The SMILES string of the molecule is CCN1CCCC1(C)COc1cccc2c1NCCC2. The Kier molecular flexibility index (Phi) is 3.88. The van der Waals surface area contributed by atoms with E-state index in [1.54, 1.807) is 0 Å². The monoisotopic (exact) mass is 274 g/mol. The van der Waals surface area contributed by atoms with Gasteiger partial charge in [0.25, 0.3) is 0 Å². The number of hydrogen-bond acceptors (Lipinski definition) is 3. The van der Waals surface area contributed by atoms with Gasteiger partial charge in [0.05, 0.1) is 11.2 Å². The summed E-state index contributed by atoms with van der Waals surface area (Å²) in [5.74, 6) is 1.03. The van der Waals surface area contributed by atoms with Crippen LogP contribution in [0.3, 0.4) is 0 Å². The molecule has 1 aromatic carbocycles. The van der Waals surface area contributed by atoms with Crippen molar-refractivity contribution in [3.8, 4) is 5.75 Å². The standard InChI is InChI=1S/C17H26N2O/c1-3-19-12-6-10-17(19,2)13-20-15-9-4-7-14-8-5-11-18-16(14)15/h4,7,9,18H,3,5-6,8,10-13H2,1-2H3. The molecule has 1 atom stereocenters. The number of benzene rings is 1. The molecule has 3 nitrogen and oxygen atoms in total. The van der Waals surface area contributed by atoms with Gasteiger partial charge in [-0.3, -0.25) is 4.90 Å². The minimum absolute atomic E-state index is 0.201. The predicted molar refractivity (Wildman–Crippen MR) is 83.6 cm³/mol. The Morgan fingerprint density at radius 1 is 1.35 bits per heavy atom. The lowest BCUT2D eigenvalue weighted by atomic mass is 10.00. The van der Waals surface area contributed by atoms with Gasteiger partial charge in [0.1, 0.15) is 12.4 Å². The Bertz CT molecular complexity index is 474. The van der Waals surface area contributed by atoms with Crippen LogP contribution in [-0.4, -0.2) is 36.7 Å². The third kappa shape index (κ3) is 2.51. The molecule has 0 spiro atoms. The van der Waals surface area contributed by atoms with E-state index >= 15 is 0 Å². The van der Waals surface area contributed by atoms with Crippen molar-refractivity contribution in [3.05, 3.63) is 23.8 Å². The normalized spacial score (nSPS) is 26.1. The van der Waals surface area contributed by atoms with Crippen LogP contribution in [-0.2, 0) is 6.42 Å². The molecule has 0 saturated carbocycles. The molecule has 2 heterocycles. The van der Waals surface area contributed by atoms with Crippen molar-refractivity contribution in [1.29, 1.82) is 0 Å². The predicted octanol–water partition coefficient (Wildman–Crippen LogP) is 3.30. The van der Waals surface area contributed by atoms with Gasteiger partial charge in [-0.05, 0) is 57.3 Å². The van der Waals surface area contributed by atoms with E-state index in [1.165, 1.54) is 37.1 Å². The van der Waals surface area contributed by atoms with Gasteiger partial charge in [0, 0.05) is 6.54 Å². The van der Waals surface area contributed by atoms with E-state index in [4.69, 9.17) is 4.74 Å². The smallest absolute Gasteiger partial charge is 0.142 e. The van der Waals surface area contributed by atoms with Crippen LogP contribution in [0, 0.1) is 0 Å². The molecule has 2 aliphatic heterocycles. The third-order valence-corrected chi connectivity index (χ3v) is 4.86. The highest BCUT2D eigenvalue weighted by Gasteiger charge is 2.36. The molecule has 3 heteroatoms. The number of aryl methyl sites for hydroxylation is 1. The van der Waals surface area contributed by atoms with Crippen LogP contribution in [0.15, 0.2) is 18.2 Å². The van der Waals surface area contributed by atoms with Crippen LogP contribution >= 0.6 is 0 Å². The zero-order valence-electron chi connectivity index (χ0n) is 12.7. The van der Waals surface area contributed by atoms with Gasteiger partial charge in [0.2, 0.25) is 0 Å². The molecule has 3 rings (SSSR count). The number of rotatable bonds is 4. The number of hydrogen-bond donors (Lipinski definition) is 1. The summed E-state index contributed by atoms with van der Waals surface area (Å²) in [5.41, 5.74) is 2.83. The number of para-hydroxylation sites is 1. The first-order valence-corrected chi connectivity index (χ1v) is 7.96. The van der Waals surface area contributed by atoms with Crippen molar-refractivity contribution in [1.82, 2.24) is 4.90 Å². The minimum Gasteiger partial charge on any atom is -0.489 e. The summed E-state index contributed by atoms with van der Waals surface area (Å²) < 4.78 is 6.22. The summed E-state index contributed by atoms with van der Waals surface area (Å²) in [6.45, 7) is 8.76. The van der Waals surface area contributed by atoms with Crippen molar-refractivity contribution in [2.45, 2.75) is 45.1 Å². The molecule has 2 aliphatic rings. The molecule has 20 heavy (non-hydrogen) atoms. The fourth-order valence-corrected chi connectivity index (χ4v) is 3.61. The second-order valence-electron chi connectivity index (χ2n) is 6.29. The maximum absolute atomic E-state index is 6.22. The number of fused-ring (bicyclic) bond motifs is 1. The number of ether oxygens (including phenoxy) is 1. The summed E-state index contributed by atoms with van der Waals surface area (Å²) in [7, 11) is 0. The quantitative estimate of drug-likeness (QED) is 0.911. The van der Waals surface area contributed by atoms with Gasteiger partial charge < -0.3 is 10.1 Å². The van der Waals surface area contributed by atoms with Gasteiger partial charge in [-0.2, -0.15) is 0 Å². The van der Waals surface area contributed by atoms with E-state index in [1.807, 2.05) is 0 Å². The molecule has 0 bridgehead atoms. The van der Waals surface area contributed by atoms with Crippen LogP contribution in [0.4, 0.5) is 5.69 Å². The highest BCUT2D eigenvalue weighted by atomic mass is 16.5. The number of likely N-dealkylation sites (tertiary alicyclic amines) is 1. The molecule has 110 valence electrons. The Labute approximate surface area is 122 Å². The first-order chi connectivity index (χ1) is 9.73. The zero-order chi connectivity index (χ0) is 14.0. The molecule has 1 N–H and O–H groups in total. The van der Waals surface area contributed by atoms with Crippen LogP contribution in [0.5, 0.6) is 5.75 Å². The van der Waals surface area contributed by atoms with Crippen molar-refractivity contribution in [2.75, 3.05) is 31.6 Å². The van der Waals surface area contributed by atoms with Crippen molar-refractivity contribution in [2.24, 2.45) is 0 Å². The molecule has 0 aromatic heterocycles. The number of nitrogens with one attached hydrogen (secondary N) is 1. The topological polar surface area (TPSA) is 24.5 Å². The lowest BCUT2D eigenvalue weighted by molar-refractivity contribution is 0.0961. The van der Waals surface area contributed by atoms with Gasteiger partial charge in [-0.1, -0.05) is 19.1 Å². The molecular formula is C17H26N2O. The number of anilines is 1. The van der Waals surface area contributed by atoms with E-state index in [9.17, 15) is 0 Å². The van der Waals surface area contributed by atoms with Crippen LogP contribution in [0.2, 0.25) is 0 Å². The van der Waals surface area contributed by atoms with Gasteiger partial charge in [0.15, 0.2) is 0 Å². The summed E-state index contributed by atoms with van der Waals surface area (Å²) in [5, 5.41) is 3.51. The van der Waals surface area contributed by atoms with E-state index < -0.39 is 0 Å². The Morgan fingerprint density at radius 3 is 3.10 bits per heavy atom. The van der Waals surface area contributed by atoms with E-state index in [-0.39, 0.29) is 5.54 Å². The minimum atomic E-state index is 0.201. The molecule has 0 radical (unpaired) electrons. The van der Waals surface area contributed by atoms with Gasteiger partial charge >= 0.3 is 0 Å². The summed E-state index contributed by atoms with van der Waals surface area (Å²) in [4.78, 5) is 2.55. The molecule has 0 amide bonds. The third-order valence-electron chi connectivity index (χ3n) is 4.86. The lowest BCUT2D eigenvalue weighted by Gasteiger charge is -2.34. The molecule has 1 aromatic rings. The van der Waals surface area contributed by atoms with E-state index in [2.05, 4.69) is 42.3 Å². The molecule has 1 fully saturated rings.